The number of rotatable bonds is 2. The van der Waals surface area contributed by atoms with Crippen LogP contribution in [0.5, 0.6) is 0 Å². The molecular weight excluding hydrogens is 162 g/mol. The van der Waals surface area contributed by atoms with Gasteiger partial charge in [-0.1, -0.05) is 6.92 Å². The molecule has 1 aliphatic heterocycles. The van der Waals surface area contributed by atoms with Crippen LogP contribution >= 0.6 is 0 Å². The predicted molar refractivity (Wildman–Crippen MR) is 52.5 cm³/mol. The molecule has 1 unspecified atom stereocenters. The molecule has 0 fully saturated rings. The van der Waals surface area contributed by atoms with E-state index in [1.165, 1.54) is 12.2 Å². The third-order valence-electron chi connectivity index (χ3n) is 2.68. The Hall–Kier alpha value is -0.830. The first-order valence-electron chi connectivity index (χ1n) is 5.04. The summed E-state index contributed by atoms with van der Waals surface area (Å²) >= 11 is 0. The second-order valence-corrected chi connectivity index (χ2v) is 3.98. The molecule has 2 rings (SSSR count). The molecule has 13 heavy (non-hydrogen) atoms. The van der Waals surface area contributed by atoms with Crippen LogP contribution in [0.1, 0.15) is 24.9 Å². The summed E-state index contributed by atoms with van der Waals surface area (Å²) in [4.78, 5) is 4.56. The summed E-state index contributed by atoms with van der Waals surface area (Å²) in [6, 6.07) is 0. The van der Waals surface area contributed by atoms with Gasteiger partial charge in [0.1, 0.15) is 5.82 Å². The zero-order valence-corrected chi connectivity index (χ0v) is 8.16. The van der Waals surface area contributed by atoms with Crippen molar-refractivity contribution in [1.82, 2.24) is 9.55 Å². The number of nitrogens with zero attached hydrogens (tertiary/aromatic N) is 2. The molecule has 1 aromatic rings. The third kappa shape index (κ3) is 1.75. The maximum absolute atomic E-state index is 5.50. The number of fused-ring (bicyclic) bond motifs is 1. The summed E-state index contributed by atoms with van der Waals surface area (Å²) in [7, 11) is 0. The number of imidazole rings is 1. The molecule has 3 nitrogen and oxygen atoms in total. The molecule has 0 bridgehead atoms. The third-order valence-corrected chi connectivity index (χ3v) is 2.68. The Morgan fingerprint density at radius 3 is 3.31 bits per heavy atom. The molecule has 1 aromatic heterocycles. The van der Waals surface area contributed by atoms with Crippen molar-refractivity contribution in [1.29, 1.82) is 0 Å². The van der Waals surface area contributed by atoms with Crippen molar-refractivity contribution >= 4 is 0 Å². The van der Waals surface area contributed by atoms with Gasteiger partial charge in [-0.2, -0.15) is 0 Å². The molecule has 2 heterocycles. The average Bonchev–Trinajstić information content (AvgIpc) is 2.46. The van der Waals surface area contributed by atoms with Gasteiger partial charge in [0, 0.05) is 25.6 Å². The predicted octanol–water partition coefficient (Wildman–Crippen LogP) is 0.967. The summed E-state index contributed by atoms with van der Waals surface area (Å²) in [6.07, 6.45) is 5.48. The van der Waals surface area contributed by atoms with Gasteiger partial charge >= 0.3 is 0 Å². The Bertz CT molecular complexity index is 290. The van der Waals surface area contributed by atoms with E-state index in [1.54, 1.807) is 0 Å². The molecule has 1 atom stereocenters. The maximum atomic E-state index is 5.50. The van der Waals surface area contributed by atoms with E-state index in [0.717, 1.165) is 31.0 Å². The summed E-state index contributed by atoms with van der Waals surface area (Å²) in [5.41, 5.74) is 6.66. The fourth-order valence-electron chi connectivity index (χ4n) is 1.94. The number of aryl methyl sites for hydroxylation is 1. The average molecular weight is 179 g/mol. The Balaban J connectivity index is 2.18. The van der Waals surface area contributed by atoms with E-state index in [9.17, 15) is 0 Å². The van der Waals surface area contributed by atoms with Crippen molar-refractivity contribution in [2.24, 2.45) is 11.7 Å². The highest BCUT2D eigenvalue weighted by Gasteiger charge is 2.16. The summed E-state index contributed by atoms with van der Waals surface area (Å²) < 4.78 is 2.29. The van der Waals surface area contributed by atoms with E-state index in [1.807, 2.05) is 0 Å². The van der Waals surface area contributed by atoms with E-state index in [-0.39, 0.29) is 0 Å². The van der Waals surface area contributed by atoms with Crippen LogP contribution in [0.3, 0.4) is 0 Å². The van der Waals surface area contributed by atoms with Gasteiger partial charge in [0.05, 0.1) is 5.69 Å². The van der Waals surface area contributed by atoms with Crippen LogP contribution in [0.2, 0.25) is 0 Å². The van der Waals surface area contributed by atoms with Gasteiger partial charge < -0.3 is 10.3 Å². The topological polar surface area (TPSA) is 43.8 Å². The molecule has 0 aromatic carbocycles. The van der Waals surface area contributed by atoms with Crippen LogP contribution in [0.25, 0.3) is 0 Å². The molecule has 0 aliphatic carbocycles. The molecule has 0 spiro atoms. The zero-order chi connectivity index (χ0) is 9.26. The molecule has 3 heteroatoms. The van der Waals surface area contributed by atoms with Gasteiger partial charge in [0.25, 0.3) is 0 Å². The summed E-state index contributed by atoms with van der Waals surface area (Å²) in [5, 5.41) is 0. The molecule has 0 saturated heterocycles. The van der Waals surface area contributed by atoms with Crippen molar-refractivity contribution in [3.63, 3.8) is 0 Å². The fourth-order valence-corrected chi connectivity index (χ4v) is 1.94. The van der Waals surface area contributed by atoms with E-state index < -0.39 is 0 Å². The molecule has 1 aliphatic rings. The van der Waals surface area contributed by atoms with Crippen LogP contribution in [0.4, 0.5) is 0 Å². The van der Waals surface area contributed by atoms with Crippen LogP contribution in [-0.4, -0.2) is 16.1 Å². The lowest BCUT2D eigenvalue weighted by Crippen LogP contribution is -2.17. The van der Waals surface area contributed by atoms with Gasteiger partial charge in [-0.05, 0) is 18.9 Å². The van der Waals surface area contributed by atoms with Crippen LogP contribution in [0.15, 0.2) is 6.20 Å². The number of aromatic nitrogens is 2. The van der Waals surface area contributed by atoms with Crippen molar-refractivity contribution in [2.45, 2.75) is 32.7 Å². The molecule has 72 valence electrons. The first-order chi connectivity index (χ1) is 6.29. The summed E-state index contributed by atoms with van der Waals surface area (Å²) in [5.74, 6) is 2.05. The highest BCUT2D eigenvalue weighted by atomic mass is 15.1. The van der Waals surface area contributed by atoms with Gasteiger partial charge in [-0.15, -0.1) is 0 Å². The van der Waals surface area contributed by atoms with Crippen LogP contribution in [0, 0.1) is 5.92 Å². The fraction of sp³-hybridized carbons (Fsp3) is 0.700. The van der Waals surface area contributed by atoms with Crippen molar-refractivity contribution in [3.8, 4) is 0 Å². The largest absolute Gasteiger partial charge is 0.334 e. The molecule has 0 amide bonds. The minimum atomic E-state index is 0.700. The minimum absolute atomic E-state index is 0.700. The van der Waals surface area contributed by atoms with Crippen LogP contribution < -0.4 is 5.73 Å². The van der Waals surface area contributed by atoms with Gasteiger partial charge in [0.15, 0.2) is 0 Å². The van der Waals surface area contributed by atoms with E-state index in [2.05, 4.69) is 22.7 Å². The lowest BCUT2D eigenvalue weighted by Gasteiger charge is -2.19. The normalized spacial score (nSPS) is 21.5. The first kappa shape index (κ1) is 8.75. The van der Waals surface area contributed by atoms with Gasteiger partial charge in [0.2, 0.25) is 0 Å². The Kier molecular flexibility index (Phi) is 2.36. The highest BCUT2D eigenvalue weighted by molar-refractivity contribution is 5.07. The van der Waals surface area contributed by atoms with Crippen LogP contribution in [-0.2, 0) is 19.4 Å². The van der Waals surface area contributed by atoms with Crippen molar-refractivity contribution < 1.29 is 0 Å². The lowest BCUT2D eigenvalue weighted by molar-refractivity contribution is 0.394. The molecular formula is C10H17N3. The Morgan fingerprint density at radius 1 is 1.69 bits per heavy atom. The van der Waals surface area contributed by atoms with E-state index in [0.29, 0.717) is 6.54 Å². The van der Waals surface area contributed by atoms with Gasteiger partial charge in [-0.25, -0.2) is 4.98 Å². The highest BCUT2D eigenvalue weighted by Crippen LogP contribution is 2.19. The molecule has 0 radical (unpaired) electrons. The smallest absolute Gasteiger partial charge is 0.108 e. The minimum Gasteiger partial charge on any atom is -0.334 e. The number of nitrogens with two attached hydrogens (primary N) is 1. The number of hydrogen-bond donors (Lipinski definition) is 1. The standard InChI is InChI=1S/C10H17N3/c1-8-2-3-10-12-9(4-5-11)7-13(10)6-8/h7-8H,2-6,11H2,1H3. The first-order valence-corrected chi connectivity index (χ1v) is 5.04. The monoisotopic (exact) mass is 179 g/mol. The number of hydrogen-bond acceptors (Lipinski definition) is 2. The van der Waals surface area contributed by atoms with Crippen molar-refractivity contribution in [3.05, 3.63) is 17.7 Å². The SMILES string of the molecule is CC1CCc2nc(CCN)cn2C1. The maximum Gasteiger partial charge on any atom is 0.108 e. The quantitative estimate of drug-likeness (QED) is 0.735. The van der Waals surface area contributed by atoms with E-state index in [4.69, 9.17) is 5.73 Å². The Morgan fingerprint density at radius 2 is 2.54 bits per heavy atom. The lowest BCUT2D eigenvalue weighted by atomic mass is 10.0. The molecule has 0 saturated carbocycles. The second kappa shape index (κ2) is 3.50. The van der Waals surface area contributed by atoms with E-state index >= 15 is 0 Å². The summed E-state index contributed by atoms with van der Waals surface area (Å²) in [6.45, 7) is 4.13. The van der Waals surface area contributed by atoms with Crippen molar-refractivity contribution in [2.75, 3.05) is 6.54 Å². The Labute approximate surface area is 79.0 Å². The van der Waals surface area contributed by atoms with Gasteiger partial charge in [-0.3, -0.25) is 0 Å². The molecule has 2 N–H and O–H groups in total. The second-order valence-electron chi connectivity index (χ2n) is 3.98. The zero-order valence-electron chi connectivity index (χ0n) is 8.16.